The number of hydrogen-bond acceptors (Lipinski definition) is 4. The number of likely N-dealkylation sites (tertiary alicyclic amines) is 1. The van der Waals surface area contributed by atoms with Crippen molar-refractivity contribution in [2.75, 3.05) is 13.1 Å². The summed E-state index contributed by atoms with van der Waals surface area (Å²) in [5.41, 5.74) is 2.35. The summed E-state index contributed by atoms with van der Waals surface area (Å²) in [4.78, 5) is 11.0. The minimum Gasteiger partial charge on any atom is -0.391 e. The maximum absolute atomic E-state index is 10.8. The topological polar surface area (TPSA) is 49.2 Å². The molecule has 2 aromatic carbocycles. The van der Waals surface area contributed by atoms with Gasteiger partial charge in [0.15, 0.2) is 0 Å². The molecule has 4 rings (SSSR count). The lowest BCUT2D eigenvalue weighted by atomic mass is 9.86. The van der Waals surface area contributed by atoms with Crippen LogP contribution >= 0.6 is 0 Å². The lowest BCUT2D eigenvalue weighted by Crippen LogP contribution is -2.42. The molecule has 26 heavy (non-hydrogen) atoms. The monoisotopic (exact) mass is 347 g/mol. The number of benzene rings is 2. The normalized spacial score (nSPS) is 21.2. The lowest BCUT2D eigenvalue weighted by molar-refractivity contribution is 0.0476. The highest BCUT2D eigenvalue weighted by atomic mass is 16.3. The third-order valence-electron chi connectivity index (χ3n) is 5.35. The lowest BCUT2D eigenvalue weighted by Gasteiger charge is -2.36. The second-order valence-corrected chi connectivity index (χ2v) is 7.17. The van der Waals surface area contributed by atoms with Crippen LogP contribution in [0.15, 0.2) is 54.9 Å². The van der Waals surface area contributed by atoms with E-state index in [0.717, 1.165) is 37.3 Å². The highest BCUT2D eigenvalue weighted by Crippen LogP contribution is 2.31. The second-order valence-electron chi connectivity index (χ2n) is 7.17. The summed E-state index contributed by atoms with van der Waals surface area (Å²) in [6.07, 6.45) is 5.30. The molecule has 0 bridgehead atoms. The molecule has 4 heteroatoms. The molecule has 0 radical (unpaired) electrons. The van der Waals surface area contributed by atoms with Gasteiger partial charge in [-0.1, -0.05) is 49.4 Å². The summed E-state index contributed by atoms with van der Waals surface area (Å²) in [6, 6.07) is 15.0. The van der Waals surface area contributed by atoms with Crippen LogP contribution in [0.25, 0.3) is 10.8 Å². The summed E-state index contributed by atoms with van der Waals surface area (Å²) in [7, 11) is 0. The van der Waals surface area contributed by atoms with Crippen LogP contribution in [0.2, 0.25) is 0 Å². The summed E-state index contributed by atoms with van der Waals surface area (Å²) in [5, 5.41) is 13.2. The largest absolute Gasteiger partial charge is 0.391 e. The first-order chi connectivity index (χ1) is 12.7. The summed E-state index contributed by atoms with van der Waals surface area (Å²) >= 11 is 0. The number of fused-ring (bicyclic) bond motifs is 1. The molecule has 3 aromatic rings. The van der Waals surface area contributed by atoms with Gasteiger partial charge in [0, 0.05) is 43.4 Å². The summed E-state index contributed by atoms with van der Waals surface area (Å²) < 4.78 is 0. The first kappa shape index (κ1) is 17.1. The van der Waals surface area contributed by atoms with Crippen molar-refractivity contribution in [3.8, 4) is 0 Å². The zero-order valence-electron chi connectivity index (χ0n) is 15.2. The Morgan fingerprint density at radius 2 is 1.85 bits per heavy atom. The fourth-order valence-electron chi connectivity index (χ4n) is 3.87. The SMILES string of the molecule is CCc1ncc(CN2CC[C@@H](c3ccc4ccccc4c3)[C@H](O)C2)cn1. The van der Waals surface area contributed by atoms with E-state index < -0.39 is 0 Å². The molecule has 0 saturated carbocycles. The van der Waals surface area contributed by atoms with E-state index in [4.69, 9.17) is 0 Å². The number of aryl methyl sites for hydroxylation is 1. The van der Waals surface area contributed by atoms with Crippen LogP contribution in [0.5, 0.6) is 0 Å². The Morgan fingerprint density at radius 3 is 2.58 bits per heavy atom. The molecule has 0 amide bonds. The van der Waals surface area contributed by atoms with E-state index in [-0.39, 0.29) is 12.0 Å². The Labute approximate surface area is 154 Å². The van der Waals surface area contributed by atoms with Crippen molar-refractivity contribution in [1.29, 1.82) is 0 Å². The average molecular weight is 347 g/mol. The molecule has 1 saturated heterocycles. The Kier molecular flexibility index (Phi) is 4.96. The van der Waals surface area contributed by atoms with Crippen molar-refractivity contribution in [1.82, 2.24) is 14.9 Å². The molecule has 2 atom stereocenters. The van der Waals surface area contributed by atoms with Gasteiger partial charge in [-0.3, -0.25) is 4.90 Å². The Bertz CT molecular complexity index is 878. The Morgan fingerprint density at radius 1 is 1.08 bits per heavy atom. The fraction of sp³-hybridized carbons (Fsp3) is 0.364. The van der Waals surface area contributed by atoms with Crippen molar-refractivity contribution in [2.45, 2.75) is 38.3 Å². The molecule has 1 aliphatic rings. The molecule has 0 unspecified atom stereocenters. The van der Waals surface area contributed by atoms with Crippen LogP contribution in [-0.4, -0.2) is 39.2 Å². The van der Waals surface area contributed by atoms with E-state index in [9.17, 15) is 5.11 Å². The van der Waals surface area contributed by atoms with Gasteiger partial charge in [-0.25, -0.2) is 9.97 Å². The van der Waals surface area contributed by atoms with E-state index in [1.165, 1.54) is 16.3 Å². The zero-order valence-corrected chi connectivity index (χ0v) is 15.2. The number of aromatic nitrogens is 2. The molecule has 1 fully saturated rings. The predicted octanol–water partition coefficient (Wildman–Crippen LogP) is 3.54. The molecular weight excluding hydrogens is 322 g/mol. The molecule has 1 aromatic heterocycles. The van der Waals surface area contributed by atoms with Gasteiger partial charge in [-0.05, 0) is 29.3 Å². The third kappa shape index (κ3) is 3.62. The van der Waals surface area contributed by atoms with Crippen molar-refractivity contribution in [2.24, 2.45) is 0 Å². The number of aliphatic hydroxyl groups is 1. The number of nitrogens with zero attached hydrogens (tertiary/aromatic N) is 3. The standard InChI is InChI=1S/C22H25N3O/c1-2-22-23-12-16(13-24-22)14-25-10-9-20(21(26)15-25)19-8-7-17-5-3-4-6-18(17)11-19/h3-8,11-13,20-21,26H,2,9-10,14-15H2,1H3/t20-,21+/m0/s1. The van der Waals surface area contributed by atoms with Crippen LogP contribution in [-0.2, 0) is 13.0 Å². The number of aliphatic hydroxyl groups excluding tert-OH is 1. The molecule has 4 nitrogen and oxygen atoms in total. The smallest absolute Gasteiger partial charge is 0.127 e. The van der Waals surface area contributed by atoms with Crippen LogP contribution in [0.3, 0.4) is 0 Å². The van der Waals surface area contributed by atoms with Crippen LogP contribution < -0.4 is 0 Å². The first-order valence-corrected chi connectivity index (χ1v) is 9.42. The molecule has 1 N–H and O–H groups in total. The summed E-state index contributed by atoms with van der Waals surface area (Å²) in [5.74, 6) is 1.08. The average Bonchev–Trinajstić information content (AvgIpc) is 2.68. The number of piperidine rings is 1. The van der Waals surface area contributed by atoms with Gasteiger partial charge in [0.25, 0.3) is 0 Å². The zero-order chi connectivity index (χ0) is 17.9. The van der Waals surface area contributed by atoms with Gasteiger partial charge >= 0.3 is 0 Å². The van der Waals surface area contributed by atoms with Gasteiger partial charge in [0.1, 0.15) is 5.82 Å². The van der Waals surface area contributed by atoms with E-state index in [1.807, 2.05) is 12.4 Å². The van der Waals surface area contributed by atoms with Gasteiger partial charge in [-0.2, -0.15) is 0 Å². The molecule has 0 spiro atoms. The Hall–Kier alpha value is -2.30. The number of rotatable bonds is 4. The van der Waals surface area contributed by atoms with Crippen LogP contribution in [0.4, 0.5) is 0 Å². The molecule has 0 aliphatic carbocycles. The highest BCUT2D eigenvalue weighted by molar-refractivity contribution is 5.83. The minimum absolute atomic E-state index is 0.203. The quantitative estimate of drug-likeness (QED) is 0.784. The minimum atomic E-state index is -0.347. The van der Waals surface area contributed by atoms with Crippen molar-refractivity contribution >= 4 is 10.8 Å². The third-order valence-corrected chi connectivity index (χ3v) is 5.35. The van der Waals surface area contributed by atoms with Gasteiger partial charge in [-0.15, -0.1) is 0 Å². The number of hydrogen-bond donors (Lipinski definition) is 1. The molecule has 2 heterocycles. The van der Waals surface area contributed by atoms with E-state index >= 15 is 0 Å². The van der Waals surface area contributed by atoms with Crippen molar-refractivity contribution in [3.63, 3.8) is 0 Å². The Balaban J connectivity index is 1.43. The van der Waals surface area contributed by atoms with Gasteiger partial charge in [0.2, 0.25) is 0 Å². The van der Waals surface area contributed by atoms with Crippen LogP contribution in [0.1, 0.15) is 36.2 Å². The van der Waals surface area contributed by atoms with Crippen molar-refractivity contribution in [3.05, 3.63) is 71.8 Å². The van der Waals surface area contributed by atoms with Gasteiger partial charge < -0.3 is 5.11 Å². The maximum Gasteiger partial charge on any atom is 0.127 e. The predicted molar refractivity (Wildman–Crippen MR) is 104 cm³/mol. The highest BCUT2D eigenvalue weighted by Gasteiger charge is 2.29. The van der Waals surface area contributed by atoms with E-state index in [1.54, 1.807) is 0 Å². The second kappa shape index (κ2) is 7.52. The fourth-order valence-corrected chi connectivity index (χ4v) is 3.87. The summed E-state index contributed by atoms with van der Waals surface area (Å²) in [6.45, 7) is 4.52. The molecular formula is C22H25N3O. The van der Waals surface area contributed by atoms with E-state index in [0.29, 0.717) is 6.54 Å². The molecule has 134 valence electrons. The van der Waals surface area contributed by atoms with E-state index in [2.05, 4.69) is 64.3 Å². The van der Waals surface area contributed by atoms with Gasteiger partial charge in [0.05, 0.1) is 6.10 Å². The number of β-amino-alcohol motifs (C(OH)–C–C–N with tert-alkyl or cyclic N) is 1. The molecule has 1 aliphatic heterocycles. The van der Waals surface area contributed by atoms with Crippen LogP contribution in [0, 0.1) is 0 Å². The first-order valence-electron chi connectivity index (χ1n) is 9.42. The maximum atomic E-state index is 10.8. The van der Waals surface area contributed by atoms with Crippen molar-refractivity contribution < 1.29 is 5.11 Å².